The average Bonchev–Trinajstić information content (AvgIpc) is 2.24. The van der Waals surface area contributed by atoms with E-state index in [1.54, 1.807) is 7.11 Å². The van der Waals surface area contributed by atoms with Gasteiger partial charge in [-0.2, -0.15) is 0 Å². The predicted octanol–water partition coefficient (Wildman–Crippen LogP) is 2.09. The molecule has 0 heterocycles. The van der Waals surface area contributed by atoms with Crippen LogP contribution in [0.2, 0.25) is 0 Å². The van der Waals surface area contributed by atoms with Gasteiger partial charge in [0.2, 0.25) is 0 Å². The lowest BCUT2D eigenvalue weighted by atomic mass is 9.95. The van der Waals surface area contributed by atoms with Crippen LogP contribution in [0.1, 0.15) is 45.4 Å². The second-order valence-electron chi connectivity index (χ2n) is 4.64. The molecule has 3 atom stereocenters. The van der Waals surface area contributed by atoms with E-state index in [1.165, 1.54) is 19.3 Å². The van der Waals surface area contributed by atoms with Gasteiger partial charge >= 0.3 is 0 Å². The Hall–Kier alpha value is -0.120. The van der Waals surface area contributed by atoms with Crippen molar-refractivity contribution in [3.8, 4) is 0 Å². The minimum absolute atomic E-state index is 0.298. The summed E-state index contributed by atoms with van der Waals surface area (Å²) in [4.78, 5) is 0. The van der Waals surface area contributed by atoms with Gasteiger partial charge in [-0.15, -0.1) is 0 Å². The third-order valence-corrected chi connectivity index (χ3v) is 3.07. The molecule has 3 heteroatoms. The molecule has 0 aromatic heterocycles. The van der Waals surface area contributed by atoms with Crippen LogP contribution in [-0.2, 0) is 9.47 Å². The Morgan fingerprint density at radius 1 is 1.33 bits per heavy atom. The molecule has 1 rings (SSSR count). The molecule has 1 aliphatic carbocycles. The van der Waals surface area contributed by atoms with Crippen LogP contribution in [0.3, 0.4) is 0 Å². The molecule has 90 valence electrons. The van der Waals surface area contributed by atoms with Gasteiger partial charge < -0.3 is 15.2 Å². The standard InChI is InChI=1S/C12H25NO2/c1-10(13)5-4-8-15-12-7-3-6-11(9-12)14-2/h10-12H,3-9,13H2,1-2H3. The first-order chi connectivity index (χ1) is 7.22. The van der Waals surface area contributed by atoms with Gasteiger partial charge in [0.05, 0.1) is 12.2 Å². The summed E-state index contributed by atoms with van der Waals surface area (Å²) in [5, 5.41) is 0. The highest BCUT2D eigenvalue weighted by atomic mass is 16.5. The van der Waals surface area contributed by atoms with Crippen molar-refractivity contribution in [1.82, 2.24) is 0 Å². The molecule has 0 bridgehead atoms. The Kier molecular flexibility index (Phi) is 6.22. The molecule has 1 aliphatic rings. The Balaban J connectivity index is 2.05. The molecule has 0 saturated heterocycles. The van der Waals surface area contributed by atoms with Gasteiger partial charge in [0.25, 0.3) is 0 Å². The van der Waals surface area contributed by atoms with Gasteiger partial charge in [-0.1, -0.05) is 0 Å². The van der Waals surface area contributed by atoms with Gasteiger partial charge in [-0.3, -0.25) is 0 Å². The first kappa shape index (κ1) is 12.9. The number of ether oxygens (including phenoxy) is 2. The van der Waals surface area contributed by atoms with Crippen molar-refractivity contribution in [3.05, 3.63) is 0 Å². The second kappa shape index (κ2) is 7.20. The van der Waals surface area contributed by atoms with E-state index in [1.807, 2.05) is 6.92 Å². The molecule has 1 fully saturated rings. The van der Waals surface area contributed by atoms with Crippen LogP contribution in [-0.4, -0.2) is 32.0 Å². The Bertz CT molecular complexity index is 162. The zero-order chi connectivity index (χ0) is 11.1. The molecule has 0 spiro atoms. The van der Waals surface area contributed by atoms with E-state index < -0.39 is 0 Å². The quantitative estimate of drug-likeness (QED) is 0.690. The topological polar surface area (TPSA) is 44.5 Å². The molecule has 1 saturated carbocycles. The molecular formula is C12H25NO2. The maximum absolute atomic E-state index is 5.83. The molecule has 3 unspecified atom stereocenters. The van der Waals surface area contributed by atoms with Crippen LogP contribution < -0.4 is 5.73 Å². The van der Waals surface area contributed by atoms with Crippen molar-refractivity contribution >= 4 is 0 Å². The van der Waals surface area contributed by atoms with Crippen molar-refractivity contribution < 1.29 is 9.47 Å². The summed E-state index contributed by atoms with van der Waals surface area (Å²) >= 11 is 0. The summed E-state index contributed by atoms with van der Waals surface area (Å²) in [5.74, 6) is 0. The fourth-order valence-corrected chi connectivity index (χ4v) is 2.12. The zero-order valence-electron chi connectivity index (χ0n) is 10.1. The van der Waals surface area contributed by atoms with E-state index >= 15 is 0 Å². The zero-order valence-corrected chi connectivity index (χ0v) is 10.1. The van der Waals surface area contributed by atoms with Crippen molar-refractivity contribution in [2.45, 2.75) is 63.7 Å². The lowest BCUT2D eigenvalue weighted by molar-refractivity contribution is -0.0304. The SMILES string of the molecule is COC1CCCC(OCCCC(C)N)C1. The van der Waals surface area contributed by atoms with E-state index in [-0.39, 0.29) is 0 Å². The summed E-state index contributed by atoms with van der Waals surface area (Å²) in [6, 6.07) is 0.298. The largest absolute Gasteiger partial charge is 0.381 e. The van der Waals surface area contributed by atoms with E-state index in [0.29, 0.717) is 18.2 Å². The maximum atomic E-state index is 5.83. The maximum Gasteiger partial charge on any atom is 0.0599 e. The summed E-state index contributed by atoms with van der Waals surface area (Å²) < 4.78 is 11.2. The van der Waals surface area contributed by atoms with E-state index in [9.17, 15) is 0 Å². The van der Waals surface area contributed by atoms with Gasteiger partial charge in [-0.25, -0.2) is 0 Å². The highest BCUT2D eigenvalue weighted by Gasteiger charge is 2.21. The lowest BCUT2D eigenvalue weighted by Gasteiger charge is -2.28. The molecule has 0 aromatic rings. The summed E-state index contributed by atoms with van der Waals surface area (Å²) in [6.45, 7) is 2.89. The Morgan fingerprint density at radius 3 is 2.73 bits per heavy atom. The molecule has 0 radical (unpaired) electrons. The molecule has 15 heavy (non-hydrogen) atoms. The average molecular weight is 215 g/mol. The fourth-order valence-electron chi connectivity index (χ4n) is 2.12. The van der Waals surface area contributed by atoms with Gasteiger partial charge in [0.15, 0.2) is 0 Å². The van der Waals surface area contributed by atoms with Gasteiger partial charge in [0, 0.05) is 19.8 Å². The minimum atomic E-state index is 0.298. The normalized spacial score (nSPS) is 29.0. The number of methoxy groups -OCH3 is 1. The fraction of sp³-hybridized carbons (Fsp3) is 1.00. The van der Waals surface area contributed by atoms with Crippen LogP contribution in [0.5, 0.6) is 0 Å². The second-order valence-corrected chi connectivity index (χ2v) is 4.64. The third kappa shape index (κ3) is 5.50. The molecule has 0 aromatic carbocycles. The lowest BCUT2D eigenvalue weighted by Crippen LogP contribution is -2.28. The number of hydrogen-bond acceptors (Lipinski definition) is 3. The summed E-state index contributed by atoms with van der Waals surface area (Å²) in [6.07, 6.45) is 7.64. The number of hydrogen-bond donors (Lipinski definition) is 1. The van der Waals surface area contributed by atoms with Crippen molar-refractivity contribution in [1.29, 1.82) is 0 Å². The van der Waals surface area contributed by atoms with Crippen molar-refractivity contribution in [2.24, 2.45) is 5.73 Å². The van der Waals surface area contributed by atoms with Crippen LogP contribution in [0.25, 0.3) is 0 Å². The van der Waals surface area contributed by atoms with Crippen LogP contribution in [0.4, 0.5) is 0 Å². The van der Waals surface area contributed by atoms with Gasteiger partial charge in [0.1, 0.15) is 0 Å². The van der Waals surface area contributed by atoms with Crippen LogP contribution >= 0.6 is 0 Å². The van der Waals surface area contributed by atoms with E-state index in [2.05, 4.69) is 0 Å². The minimum Gasteiger partial charge on any atom is -0.381 e. The first-order valence-electron chi connectivity index (χ1n) is 6.12. The van der Waals surface area contributed by atoms with Crippen molar-refractivity contribution in [3.63, 3.8) is 0 Å². The molecule has 2 N–H and O–H groups in total. The van der Waals surface area contributed by atoms with Crippen LogP contribution in [0, 0.1) is 0 Å². The molecular weight excluding hydrogens is 190 g/mol. The van der Waals surface area contributed by atoms with Crippen molar-refractivity contribution in [2.75, 3.05) is 13.7 Å². The third-order valence-electron chi connectivity index (χ3n) is 3.07. The smallest absolute Gasteiger partial charge is 0.0599 e. The van der Waals surface area contributed by atoms with E-state index in [0.717, 1.165) is 25.9 Å². The highest BCUT2D eigenvalue weighted by molar-refractivity contribution is 4.73. The van der Waals surface area contributed by atoms with Crippen LogP contribution in [0.15, 0.2) is 0 Å². The Morgan fingerprint density at radius 2 is 2.07 bits per heavy atom. The summed E-state index contributed by atoms with van der Waals surface area (Å²) in [5.41, 5.74) is 5.68. The highest BCUT2D eigenvalue weighted by Crippen LogP contribution is 2.23. The number of rotatable bonds is 6. The molecule has 0 amide bonds. The molecule has 3 nitrogen and oxygen atoms in total. The summed E-state index contributed by atoms with van der Waals surface area (Å²) in [7, 11) is 1.79. The predicted molar refractivity (Wildman–Crippen MR) is 61.9 cm³/mol. The molecule has 0 aliphatic heterocycles. The Labute approximate surface area is 93.3 Å². The first-order valence-corrected chi connectivity index (χ1v) is 6.12. The van der Waals surface area contributed by atoms with Gasteiger partial charge in [-0.05, 0) is 45.4 Å². The van der Waals surface area contributed by atoms with E-state index in [4.69, 9.17) is 15.2 Å². The monoisotopic (exact) mass is 215 g/mol. The number of nitrogens with two attached hydrogens (primary N) is 1.